The molecule has 0 radical (unpaired) electrons. The fraction of sp³-hybridized carbons (Fsp3) is 0.250. The highest BCUT2D eigenvalue weighted by Crippen LogP contribution is 2.36. The molecule has 0 saturated heterocycles. The smallest absolute Gasteiger partial charge is 0.260 e. The normalized spacial score (nSPS) is 16.6. The van der Waals surface area contributed by atoms with Gasteiger partial charge in [-0.1, -0.05) is 5.21 Å². The second-order valence-electron chi connectivity index (χ2n) is 5.82. The van der Waals surface area contributed by atoms with Crippen LogP contribution in [0.1, 0.15) is 17.3 Å². The van der Waals surface area contributed by atoms with Crippen LogP contribution in [0.25, 0.3) is 11.2 Å². The summed E-state index contributed by atoms with van der Waals surface area (Å²) in [6.07, 6.45) is 1.11. The Morgan fingerprint density at radius 1 is 1.32 bits per heavy atom. The van der Waals surface area contributed by atoms with Crippen LogP contribution in [0.4, 0.5) is 14.5 Å². The van der Waals surface area contributed by atoms with E-state index in [9.17, 15) is 13.6 Å². The molecular weight excluding hydrogens is 332 g/mol. The molecule has 2 aromatic heterocycles. The van der Waals surface area contributed by atoms with Gasteiger partial charge in [0.2, 0.25) is 0 Å². The van der Waals surface area contributed by atoms with Crippen LogP contribution in [0.5, 0.6) is 5.75 Å². The maximum atomic E-state index is 13.7. The van der Waals surface area contributed by atoms with Gasteiger partial charge in [0.05, 0.1) is 17.8 Å². The molecule has 0 saturated carbocycles. The van der Waals surface area contributed by atoms with Gasteiger partial charge in [0.15, 0.2) is 17.3 Å². The average Bonchev–Trinajstić information content (AvgIpc) is 2.96. The second kappa shape index (κ2) is 5.47. The Balaban J connectivity index is 1.84. The van der Waals surface area contributed by atoms with Crippen molar-refractivity contribution >= 4 is 22.8 Å². The average molecular weight is 345 g/mol. The third-order valence-electron chi connectivity index (χ3n) is 4.03. The fourth-order valence-corrected chi connectivity index (χ4v) is 2.88. The summed E-state index contributed by atoms with van der Waals surface area (Å²) in [5.41, 5.74) is 1.26. The van der Waals surface area contributed by atoms with Gasteiger partial charge in [0, 0.05) is 25.4 Å². The maximum Gasteiger partial charge on any atom is 0.260 e. The zero-order chi connectivity index (χ0) is 17.7. The van der Waals surface area contributed by atoms with Crippen molar-refractivity contribution in [2.45, 2.75) is 13.0 Å². The predicted molar refractivity (Wildman–Crippen MR) is 84.4 cm³/mol. The van der Waals surface area contributed by atoms with E-state index in [1.165, 1.54) is 21.8 Å². The van der Waals surface area contributed by atoms with Crippen molar-refractivity contribution < 1.29 is 18.3 Å². The van der Waals surface area contributed by atoms with E-state index in [0.29, 0.717) is 11.2 Å². The summed E-state index contributed by atoms with van der Waals surface area (Å²) in [6.45, 7) is 1.94. The topological polar surface area (TPSA) is 73.1 Å². The molecule has 1 aliphatic heterocycles. The van der Waals surface area contributed by atoms with Crippen LogP contribution in [0, 0.1) is 11.6 Å². The number of fused-ring (bicyclic) bond motifs is 2. The lowest BCUT2D eigenvalue weighted by Crippen LogP contribution is -2.42. The number of nitrogens with zero attached hydrogens (tertiary/aromatic N) is 5. The molecule has 1 aliphatic rings. The minimum atomic E-state index is -1.05. The number of halogens is 2. The Kier molecular flexibility index (Phi) is 3.38. The van der Waals surface area contributed by atoms with Gasteiger partial charge in [-0.2, -0.15) is 0 Å². The number of pyridine rings is 1. The number of carbonyl (C=O) groups is 1. The van der Waals surface area contributed by atoms with Crippen LogP contribution in [0.2, 0.25) is 0 Å². The Hall–Kier alpha value is -3.10. The van der Waals surface area contributed by atoms with Crippen molar-refractivity contribution in [3.05, 3.63) is 41.6 Å². The second-order valence-corrected chi connectivity index (χ2v) is 5.82. The van der Waals surface area contributed by atoms with Gasteiger partial charge in [-0.15, -0.1) is 5.10 Å². The molecule has 1 aromatic carbocycles. The zero-order valence-corrected chi connectivity index (χ0v) is 13.4. The molecule has 0 aliphatic carbocycles. The number of aromatic nitrogens is 4. The Morgan fingerprint density at radius 3 is 2.88 bits per heavy atom. The molecule has 9 heteroatoms. The van der Waals surface area contributed by atoms with Gasteiger partial charge in [0.1, 0.15) is 17.4 Å². The van der Waals surface area contributed by atoms with Crippen molar-refractivity contribution in [3.63, 3.8) is 0 Å². The minimum absolute atomic E-state index is 0.121. The van der Waals surface area contributed by atoms with Crippen LogP contribution in [-0.4, -0.2) is 38.5 Å². The van der Waals surface area contributed by atoms with Gasteiger partial charge in [0.25, 0.3) is 5.91 Å². The number of hydrogen-bond donors (Lipinski definition) is 0. The minimum Gasteiger partial charge on any atom is -0.487 e. The summed E-state index contributed by atoms with van der Waals surface area (Å²) in [7, 11) is 1.67. The number of aryl methyl sites for hydroxylation is 1. The molecule has 1 unspecified atom stereocenters. The van der Waals surface area contributed by atoms with Gasteiger partial charge in [-0.05, 0) is 13.0 Å². The Morgan fingerprint density at radius 2 is 2.08 bits per heavy atom. The Labute approximate surface area is 140 Å². The highest BCUT2D eigenvalue weighted by Gasteiger charge is 2.31. The first kappa shape index (κ1) is 15.4. The third kappa shape index (κ3) is 2.39. The monoisotopic (exact) mass is 345 g/mol. The molecule has 0 spiro atoms. The van der Waals surface area contributed by atoms with Crippen molar-refractivity contribution in [1.82, 2.24) is 20.0 Å². The standard InChI is InChI=1S/C16H13F2N5O2/c1-8-7-23(12-5-10(17)11(18)6-13(12)25-8)16(24)9-3-4-19-15-14(9)20-21-22(15)2/h3-6,8H,7H2,1-2H3. The molecule has 3 heterocycles. The number of hydrogen-bond acceptors (Lipinski definition) is 5. The lowest BCUT2D eigenvalue weighted by molar-refractivity contribution is 0.0962. The van der Waals surface area contributed by atoms with Gasteiger partial charge in [-0.25, -0.2) is 18.4 Å². The molecule has 0 N–H and O–H groups in total. The van der Waals surface area contributed by atoms with Gasteiger partial charge in [-0.3, -0.25) is 4.79 Å². The number of amides is 1. The summed E-state index contributed by atoms with van der Waals surface area (Å²) in [6, 6.07) is 3.44. The molecule has 4 rings (SSSR count). The number of carbonyl (C=O) groups excluding carboxylic acids is 1. The van der Waals surface area contributed by atoms with E-state index in [1.54, 1.807) is 14.0 Å². The van der Waals surface area contributed by atoms with E-state index in [0.717, 1.165) is 12.1 Å². The lowest BCUT2D eigenvalue weighted by Gasteiger charge is -2.33. The molecule has 25 heavy (non-hydrogen) atoms. The van der Waals surface area contributed by atoms with Gasteiger partial charge < -0.3 is 9.64 Å². The quantitative estimate of drug-likeness (QED) is 0.675. The summed E-state index contributed by atoms with van der Waals surface area (Å²) in [4.78, 5) is 18.6. The predicted octanol–water partition coefficient (Wildman–Crippen LogP) is 2.07. The largest absolute Gasteiger partial charge is 0.487 e. The number of rotatable bonds is 1. The van der Waals surface area contributed by atoms with Crippen LogP contribution in [0.15, 0.2) is 24.4 Å². The molecule has 0 fully saturated rings. The number of ether oxygens (including phenoxy) is 1. The number of anilines is 1. The van der Waals surface area contributed by atoms with E-state index in [4.69, 9.17) is 4.74 Å². The van der Waals surface area contributed by atoms with E-state index < -0.39 is 17.5 Å². The summed E-state index contributed by atoms with van der Waals surface area (Å²) in [5.74, 6) is -2.36. The number of benzene rings is 1. The van der Waals surface area contributed by atoms with Crippen LogP contribution in [0.3, 0.4) is 0 Å². The van der Waals surface area contributed by atoms with E-state index >= 15 is 0 Å². The van der Waals surface area contributed by atoms with Crippen molar-refractivity contribution in [2.75, 3.05) is 11.4 Å². The molecule has 7 nitrogen and oxygen atoms in total. The molecule has 0 bridgehead atoms. The maximum absolute atomic E-state index is 13.7. The van der Waals surface area contributed by atoms with Gasteiger partial charge >= 0.3 is 0 Å². The molecule has 1 amide bonds. The van der Waals surface area contributed by atoms with Crippen LogP contribution in [-0.2, 0) is 7.05 Å². The van der Waals surface area contributed by atoms with Crippen molar-refractivity contribution in [2.24, 2.45) is 7.05 Å². The van der Waals surface area contributed by atoms with E-state index in [1.807, 2.05) is 0 Å². The van der Waals surface area contributed by atoms with E-state index in [-0.39, 0.29) is 29.6 Å². The van der Waals surface area contributed by atoms with E-state index in [2.05, 4.69) is 15.3 Å². The lowest BCUT2D eigenvalue weighted by atomic mass is 10.1. The van der Waals surface area contributed by atoms with Crippen molar-refractivity contribution in [3.8, 4) is 5.75 Å². The Bertz CT molecular complexity index is 1000. The summed E-state index contributed by atoms with van der Waals surface area (Å²) < 4.78 is 34.2. The van der Waals surface area contributed by atoms with Crippen LogP contribution < -0.4 is 9.64 Å². The molecule has 3 aromatic rings. The molecule has 1 atom stereocenters. The summed E-state index contributed by atoms with van der Waals surface area (Å²) in [5, 5.41) is 7.85. The first-order valence-electron chi connectivity index (χ1n) is 7.57. The molecule has 128 valence electrons. The molecular formula is C16H13F2N5O2. The van der Waals surface area contributed by atoms with Crippen LogP contribution >= 0.6 is 0 Å². The first-order valence-corrected chi connectivity index (χ1v) is 7.57. The summed E-state index contributed by atoms with van der Waals surface area (Å²) >= 11 is 0. The zero-order valence-electron chi connectivity index (χ0n) is 13.4. The fourth-order valence-electron chi connectivity index (χ4n) is 2.88. The highest BCUT2D eigenvalue weighted by atomic mass is 19.2. The SMILES string of the molecule is CC1CN(C(=O)c2ccnc3c2nnn3C)c2cc(F)c(F)cc2O1. The van der Waals surface area contributed by atoms with Crippen molar-refractivity contribution in [1.29, 1.82) is 0 Å². The highest BCUT2D eigenvalue weighted by molar-refractivity contribution is 6.12. The first-order chi connectivity index (χ1) is 12.0. The third-order valence-corrected chi connectivity index (χ3v) is 4.03.